The van der Waals surface area contributed by atoms with Gasteiger partial charge in [0.2, 0.25) is 5.91 Å². The Morgan fingerprint density at radius 1 is 1.53 bits per heavy atom. The van der Waals surface area contributed by atoms with E-state index < -0.39 is 5.91 Å². The summed E-state index contributed by atoms with van der Waals surface area (Å²) in [5.41, 5.74) is 7.71. The second-order valence-corrected chi connectivity index (χ2v) is 3.48. The first kappa shape index (κ1) is 11.5. The van der Waals surface area contributed by atoms with E-state index in [9.17, 15) is 9.59 Å². The van der Waals surface area contributed by atoms with Crippen molar-refractivity contribution in [1.82, 2.24) is 5.32 Å². The van der Waals surface area contributed by atoms with Crippen molar-refractivity contribution in [3.05, 3.63) is 22.8 Å². The van der Waals surface area contributed by atoms with Crippen LogP contribution in [0.2, 0.25) is 0 Å². The molecule has 0 saturated carbocycles. The lowest BCUT2D eigenvalue weighted by atomic mass is 10.00. The van der Waals surface area contributed by atoms with Crippen LogP contribution >= 0.6 is 0 Å². The third kappa shape index (κ3) is 2.46. The van der Waals surface area contributed by atoms with Crippen LogP contribution in [0.25, 0.3) is 0 Å². The Balaban J connectivity index is 2.95. The lowest BCUT2D eigenvalue weighted by molar-refractivity contribution is -0.117. The number of hydrogen-bond donors (Lipinski definition) is 2. The van der Waals surface area contributed by atoms with Gasteiger partial charge in [0.05, 0.1) is 6.42 Å². The number of hydrogen-bond acceptors (Lipinski definition) is 2. The quantitative estimate of drug-likeness (QED) is 0.711. The maximum Gasteiger partial charge on any atom is 0.251 e. The van der Waals surface area contributed by atoms with E-state index in [1.807, 2.05) is 13.0 Å². The number of rotatable bonds is 4. The highest BCUT2D eigenvalue weighted by molar-refractivity contribution is 6.00. The third-order valence-electron chi connectivity index (χ3n) is 2.55. The van der Waals surface area contributed by atoms with Gasteiger partial charge in [-0.3, -0.25) is 9.59 Å². The van der Waals surface area contributed by atoms with Crippen LogP contribution in [0, 0.1) is 0 Å². The van der Waals surface area contributed by atoms with Crippen molar-refractivity contribution in [2.45, 2.75) is 26.2 Å². The molecular formula is C11H16N2O2. The van der Waals surface area contributed by atoms with Crippen molar-refractivity contribution in [2.75, 3.05) is 7.05 Å². The molecular weight excluding hydrogens is 192 g/mol. The first-order valence-corrected chi connectivity index (χ1v) is 5.02. The lowest BCUT2D eigenvalue weighted by Gasteiger charge is -2.08. The van der Waals surface area contributed by atoms with Gasteiger partial charge in [-0.15, -0.1) is 0 Å². The van der Waals surface area contributed by atoms with Crippen molar-refractivity contribution in [3.63, 3.8) is 0 Å². The van der Waals surface area contributed by atoms with Crippen LogP contribution < -0.4 is 11.1 Å². The first-order chi connectivity index (χ1) is 7.10. The summed E-state index contributed by atoms with van der Waals surface area (Å²) in [6.07, 6.45) is 3.61. The predicted molar refractivity (Wildman–Crippen MR) is 57.9 cm³/mol. The smallest absolute Gasteiger partial charge is 0.251 e. The summed E-state index contributed by atoms with van der Waals surface area (Å²) in [5, 5.41) is 2.56. The summed E-state index contributed by atoms with van der Waals surface area (Å²) >= 11 is 0. The second kappa shape index (κ2) is 4.77. The Morgan fingerprint density at radius 3 is 2.67 bits per heavy atom. The number of nitrogens with two attached hydrogens (primary N) is 1. The second-order valence-electron chi connectivity index (χ2n) is 3.48. The molecule has 2 amide bonds. The molecule has 0 bridgehead atoms. The Kier molecular flexibility index (Phi) is 3.66. The number of likely N-dealkylation sites (N-methyl/N-ethyl adjacent to an activating group) is 1. The normalized spacial score (nSPS) is 15.2. The Morgan fingerprint density at radius 2 is 2.20 bits per heavy atom. The molecule has 0 unspecified atom stereocenters. The monoisotopic (exact) mass is 208 g/mol. The minimum atomic E-state index is -0.396. The van der Waals surface area contributed by atoms with Gasteiger partial charge in [0.1, 0.15) is 0 Å². The van der Waals surface area contributed by atoms with Gasteiger partial charge in [0, 0.05) is 12.6 Å². The first-order valence-electron chi connectivity index (χ1n) is 5.02. The summed E-state index contributed by atoms with van der Waals surface area (Å²) in [5.74, 6) is -0.539. The topological polar surface area (TPSA) is 72.2 Å². The molecule has 3 N–H and O–H groups in total. The molecule has 0 fully saturated rings. The number of amides is 2. The van der Waals surface area contributed by atoms with E-state index in [-0.39, 0.29) is 12.3 Å². The molecule has 0 aliphatic heterocycles. The van der Waals surface area contributed by atoms with Gasteiger partial charge in [-0.2, -0.15) is 0 Å². The standard InChI is InChI=1S/C11H16N2O2/c1-3-7-4-5-8(11(15)13-2)9(7)6-10(12)14/h5H,3-4,6H2,1-2H3,(H2,12,14)(H,13,15). The van der Waals surface area contributed by atoms with Crippen LogP contribution in [0.1, 0.15) is 26.2 Å². The molecule has 0 spiro atoms. The zero-order valence-electron chi connectivity index (χ0n) is 9.09. The van der Waals surface area contributed by atoms with Gasteiger partial charge in [-0.05, 0) is 18.4 Å². The van der Waals surface area contributed by atoms with Crippen molar-refractivity contribution in [3.8, 4) is 0 Å². The van der Waals surface area contributed by atoms with Crippen molar-refractivity contribution in [1.29, 1.82) is 0 Å². The number of allylic oxidation sites excluding steroid dienone is 2. The van der Waals surface area contributed by atoms with Gasteiger partial charge in [-0.1, -0.05) is 18.6 Å². The molecule has 0 aromatic rings. The van der Waals surface area contributed by atoms with Crippen LogP contribution in [-0.2, 0) is 9.59 Å². The molecule has 1 aliphatic carbocycles. The van der Waals surface area contributed by atoms with Gasteiger partial charge in [0.15, 0.2) is 0 Å². The van der Waals surface area contributed by atoms with Crippen LogP contribution in [0.5, 0.6) is 0 Å². The molecule has 1 aliphatic rings. The van der Waals surface area contributed by atoms with E-state index in [2.05, 4.69) is 5.32 Å². The molecule has 0 radical (unpaired) electrons. The van der Waals surface area contributed by atoms with E-state index in [0.29, 0.717) is 5.57 Å². The van der Waals surface area contributed by atoms with Crippen molar-refractivity contribution >= 4 is 11.8 Å². The van der Waals surface area contributed by atoms with E-state index in [1.54, 1.807) is 7.05 Å². The van der Waals surface area contributed by atoms with Gasteiger partial charge in [-0.25, -0.2) is 0 Å². The SMILES string of the molecule is CCC1=C(CC(N)=O)C(C(=O)NC)=CC1. The zero-order chi connectivity index (χ0) is 11.4. The minimum Gasteiger partial charge on any atom is -0.369 e. The Bertz CT molecular complexity index is 354. The summed E-state index contributed by atoms with van der Waals surface area (Å²) in [6, 6.07) is 0. The molecule has 0 heterocycles. The highest BCUT2D eigenvalue weighted by atomic mass is 16.2. The number of primary amides is 1. The van der Waals surface area contributed by atoms with Gasteiger partial charge in [0.25, 0.3) is 5.91 Å². The van der Waals surface area contributed by atoms with E-state index >= 15 is 0 Å². The highest BCUT2D eigenvalue weighted by Crippen LogP contribution is 2.30. The Hall–Kier alpha value is -1.58. The van der Waals surface area contributed by atoms with E-state index in [1.165, 1.54) is 0 Å². The van der Waals surface area contributed by atoms with Crippen LogP contribution in [0.15, 0.2) is 22.8 Å². The fourth-order valence-electron chi connectivity index (χ4n) is 1.78. The summed E-state index contributed by atoms with van der Waals surface area (Å²) in [6.45, 7) is 2.01. The maximum absolute atomic E-state index is 11.5. The van der Waals surface area contributed by atoms with Crippen molar-refractivity contribution < 1.29 is 9.59 Å². The molecule has 0 atom stereocenters. The van der Waals surface area contributed by atoms with Gasteiger partial charge >= 0.3 is 0 Å². The number of carbonyl (C=O) groups excluding carboxylic acids is 2. The number of carbonyl (C=O) groups is 2. The van der Waals surface area contributed by atoms with E-state index in [0.717, 1.165) is 24.0 Å². The molecule has 0 aromatic heterocycles. The molecule has 82 valence electrons. The summed E-state index contributed by atoms with van der Waals surface area (Å²) in [4.78, 5) is 22.4. The highest BCUT2D eigenvalue weighted by Gasteiger charge is 2.22. The average molecular weight is 208 g/mol. The van der Waals surface area contributed by atoms with Crippen molar-refractivity contribution in [2.24, 2.45) is 5.73 Å². The molecule has 4 heteroatoms. The maximum atomic E-state index is 11.5. The number of nitrogens with one attached hydrogen (secondary N) is 1. The largest absolute Gasteiger partial charge is 0.369 e. The lowest BCUT2D eigenvalue weighted by Crippen LogP contribution is -2.22. The zero-order valence-corrected chi connectivity index (χ0v) is 9.09. The molecule has 15 heavy (non-hydrogen) atoms. The van der Waals surface area contributed by atoms with Crippen LogP contribution in [-0.4, -0.2) is 18.9 Å². The molecule has 0 aromatic carbocycles. The Labute approximate surface area is 89.2 Å². The fourth-order valence-corrected chi connectivity index (χ4v) is 1.78. The van der Waals surface area contributed by atoms with Gasteiger partial charge < -0.3 is 11.1 Å². The third-order valence-corrected chi connectivity index (χ3v) is 2.55. The minimum absolute atomic E-state index is 0.144. The van der Waals surface area contributed by atoms with Crippen LogP contribution in [0.4, 0.5) is 0 Å². The molecule has 0 saturated heterocycles. The summed E-state index contributed by atoms with van der Waals surface area (Å²) < 4.78 is 0. The molecule has 4 nitrogen and oxygen atoms in total. The van der Waals surface area contributed by atoms with Crippen LogP contribution in [0.3, 0.4) is 0 Å². The van der Waals surface area contributed by atoms with E-state index in [4.69, 9.17) is 5.73 Å². The summed E-state index contributed by atoms with van der Waals surface area (Å²) in [7, 11) is 1.58. The predicted octanol–water partition coefficient (Wildman–Crippen LogP) is 0.645. The molecule has 1 rings (SSSR count). The average Bonchev–Trinajstić information content (AvgIpc) is 2.59. The fraction of sp³-hybridized carbons (Fsp3) is 0.455.